The van der Waals surface area contributed by atoms with E-state index in [-0.39, 0.29) is 11.4 Å². The maximum atomic E-state index is 11.1. The molecule has 0 atom stereocenters. The quantitative estimate of drug-likeness (QED) is 0.946. The van der Waals surface area contributed by atoms with Crippen LogP contribution >= 0.6 is 15.9 Å². The molecule has 0 bridgehead atoms. The van der Waals surface area contributed by atoms with Crippen LogP contribution in [0.4, 0.5) is 0 Å². The van der Waals surface area contributed by atoms with E-state index in [1.54, 1.807) is 12.3 Å². The minimum atomic E-state index is -1.06. The van der Waals surface area contributed by atoms with Crippen LogP contribution in [0.25, 0.3) is 11.1 Å². The van der Waals surface area contributed by atoms with Crippen molar-refractivity contribution < 1.29 is 14.6 Å². The molecule has 5 heteroatoms. The molecule has 0 amide bonds. The molecule has 0 saturated heterocycles. The van der Waals surface area contributed by atoms with Crippen LogP contribution in [0.2, 0.25) is 0 Å². The molecule has 1 aromatic heterocycles. The van der Waals surface area contributed by atoms with Gasteiger partial charge in [-0.05, 0) is 23.8 Å². The number of aromatic nitrogens is 1. The number of aromatic carboxylic acids is 1. The van der Waals surface area contributed by atoms with Crippen molar-refractivity contribution in [3.63, 3.8) is 0 Å². The third-order valence-electron chi connectivity index (χ3n) is 2.45. The molecule has 0 aliphatic heterocycles. The lowest BCUT2D eigenvalue weighted by molar-refractivity contribution is 0.0692. The number of carboxylic acids is 1. The molecule has 0 unspecified atom stereocenters. The fourth-order valence-corrected chi connectivity index (χ4v) is 1.83. The van der Waals surface area contributed by atoms with Gasteiger partial charge in [0.25, 0.3) is 0 Å². The average Bonchev–Trinajstić information content (AvgIpc) is 2.39. The van der Waals surface area contributed by atoms with Gasteiger partial charge in [0.05, 0.1) is 7.11 Å². The first-order valence-corrected chi connectivity index (χ1v) is 5.94. The average molecular weight is 308 g/mol. The van der Waals surface area contributed by atoms with Gasteiger partial charge in [0.1, 0.15) is 5.56 Å². The first-order chi connectivity index (χ1) is 8.61. The van der Waals surface area contributed by atoms with E-state index in [1.807, 2.05) is 24.3 Å². The highest BCUT2D eigenvalue weighted by Crippen LogP contribution is 2.25. The van der Waals surface area contributed by atoms with Crippen molar-refractivity contribution in [2.45, 2.75) is 0 Å². The lowest BCUT2D eigenvalue weighted by Gasteiger charge is -2.06. The third kappa shape index (κ3) is 2.51. The van der Waals surface area contributed by atoms with Gasteiger partial charge >= 0.3 is 5.97 Å². The predicted octanol–water partition coefficient (Wildman–Crippen LogP) is 3.22. The zero-order valence-electron chi connectivity index (χ0n) is 9.55. The number of nitrogens with zero attached hydrogens (tertiary/aromatic N) is 1. The van der Waals surface area contributed by atoms with Crippen molar-refractivity contribution in [1.29, 1.82) is 0 Å². The summed E-state index contributed by atoms with van der Waals surface area (Å²) in [6.07, 6.45) is 1.59. The number of ether oxygens (including phenoxy) is 1. The van der Waals surface area contributed by atoms with Crippen molar-refractivity contribution in [2.24, 2.45) is 0 Å². The highest BCUT2D eigenvalue weighted by atomic mass is 79.9. The number of carbonyl (C=O) groups is 1. The summed E-state index contributed by atoms with van der Waals surface area (Å²) in [7, 11) is 1.40. The summed E-state index contributed by atoms with van der Waals surface area (Å²) in [6, 6.07) is 9.11. The van der Waals surface area contributed by atoms with E-state index in [4.69, 9.17) is 9.84 Å². The van der Waals surface area contributed by atoms with Gasteiger partial charge < -0.3 is 9.84 Å². The molecule has 0 aliphatic rings. The summed E-state index contributed by atoms with van der Waals surface area (Å²) in [4.78, 5) is 15.1. The summed E-state index contributed by atoms with van der Waals surface area (Å²) in [5.41, 5.74) is 1.69. The van der Waals surface area contributed by atoms with Crippen LogP contribution < -0.4 is 4.74 Å². The number of halogens is 1. The second kappa shape index (κ2) is 5.18. The van der Waals surface area contributed by atoms with E-state index in [0.717, 1.165) is 15.6 Å². The number of hydrogen-bond acceptors (Lipinski definition) is 3. The third-order valence-corrected chi connectivity index (χ3v) is 2.98. The first-order valence-electron chi connectivity index (χ1n) is 5.15. The first kappa shape index (κ1) is 12.6. The van der Waals surface area contributed by atoms with E-state index in [1.165, 1.54) is 7.11 Å². The largest absolute Gasteiger partial charge is 0.480 e. The van der Waals surface area contributed by atoms with Crippen LogP contribution in [-0.4, -0.2) is 23.2 Å². The van der Waals surface area contributed by atoms with Gasteiger partial charge in [0, 0.05) is 16.2 Å². The van der Waals surface area contributed by atoms with Crippen LogP contribution in [0.3, 0.4) is 0 Å². The normalized spacial score (nSPS) is 10.1. The predicted molar refractivity (Wildman–Crippen MR) is 70.9 cm³/mol. The summed E-state index contributed by atoms with van der Waals surface area (Å²) < 4.78 is 5.88. The molecule has 0 fully saturated rings. The van der Waals surface area contributed by atoms with Crippen molar-refractivity contribution in [1.82, 2.24) is 4.98 Å². The Hall–Kier alpha value is -1.88. The Kier molecular flexibility index (Phi) is 3.62. The summed E-state index contributed by atoms with van der Waals surface area (Å²) >= 11 is 3.35. The van der Waals surface area contributed by atoms with E-state index >= 15 is 0 Å². The van der Waals surface area contributed by atoms with Gasteiger partial charge in [0.15, 0.2) is 0 Å². The second-order valence-electron chi connectivity index (χ2n) is 3.59. The van der Waals surface area contributed by atoms with Crippen LogP contribution in [0.15, 0.2) is 41.0 Å². The molecule has 1 aromatic carbocycles. The van der Waals surface area contributed by atoms with Gasteiger partial charge in [-0.1, -0.05) is 28.1 Å². The zero-order chi connectivity index (χ0) is 13.1. The monoisotopic (exact) mass is 307 g/mol. The van der Waals surface area contributed by atoms with Gasteiger partial charge in [-0.2, -0.15) is 0 Å². The van der Waals surface area contributed by atoms with Crippen molar-refractivity contribution in [3.05, 3.63) is 46.6 Å². The Balaban J connectivity index is 2.49. The number of benzene rings is 1. The molecule has 18 heavy (non-hydrogen) atoms. The molecule has 1 N–H and O–H groups in total. The van der Waals surface area contributed by atoms with Crippen molar-refractivity contribution >= 4 is 21.9 Å². The maximum absolute atomic E-state index is 11.1. The number of methoxy groups -OCH3 is 1. The van der Waals surface area contributed by atoms with Gasteiger partial charge in [-0.25, -0.2) is 9.78 Å². The molecule has 0 saturated carbocycles. The molecule has 4 nitrogen and oxygen atoms in total. The summed E-state index contributed by atoms with van der Waals surface area (Å²) in [5.74, 6) is -0.943. The van der Waals surface area contributed by atoms with Crippen LogP contribution in [0, 0.1) is 0 Å². The van der Waals surface area contributed by atoms with Crippen LogP contribution in [0.5, 0.6) is 5.88 Å². The Morgan fingerprint density at radius 2 is 1.94 bits per heavy atom. The summed E-state index contributed by atoms with van der Waals surface area (Å²) in [5, 5.41) is 9.08. The van der Waals surface area contributed by atoms with Gasteiger partial charge in [0.2, 0.25) is 5.88 Å². The molecule has 0 aliphatic carbocycles. The molecular formula is C13H10BrNO3. The van der Waals surface area contributed by atoms with Gasteiger partial charge in [-0.3, -0.25) is 0 Å². The van der Waals surface area contributed by atoms with Crippen molar-refractivity contribution in [2.75, 3.05) is 7.11 Å². The molecule has 1 heterocycles. The molecule has 0 spiro atoms. The highest BCUT2D eigenvalue weighted by molar-refractivity contribution is 9.10. The number of pyridine rings is 1. The lowest BCUT2D eigenvalue weighted by atomic mass is 10.1. The number of hydrogen-bond donors (Lipinski definition) is 1. The fourth-order valence-electron chi connectivity index (χ4n) is 1.57. The summed E-state index contributed by atoms with van der Waals surface area (Å²) in [6.45, 7) is 0. The van der Waals surface area contributed by atoms with Crippen molar-refractivity contribution in [3.8, 4) is 17.0 Å². The highest BCUT2D eigenvalue weighted by Gasteiger charge is 2.13. The number of rotatable bonds is 3. The van der Waals surface area contributed by atoms with Crippen LogP contribution in [-0.2, 0) is 0 Å². The Morgan fingerprint density at radius 3 is 2.50 bits per heavy atom. The molecular weight excluding hydrogens is 298 g/mol. The van der Waals surface area contributed by atoms with E-state index in [0.29, 0.717) is 0 Å². The van der Waals surface area contributed by atoms with E-state index < -0.39 is 5.97 Å². The molecule has 2 rings (SSSR count). The second-order valence-corrected chi connectivity index (χ2v) is 4.51. The Bertz CT molecular complexity index is 581. The zero-order valence-corrected chi connectivity index (χ0v) is 11.1. The topological polar surface area (TPSA) is 59.4 Å². The standard InChI is InChI=1S/C13H10BrNO3/c1-18-12-11(13(16)17)6-9(7-15-12)8-2-4-10(14)5-3-8/h2-7H,1H3,(H,16,17). The fraction of sp³-hybridized carbons (Fsp3) is 0.0769. The molecule has 0 radical (unpaired) electrons. The maximum Gasteiger partial charge on any atom is 0.341 e. The smallest absolute Gasteiger partial charge is 0.341 e. The van der Waals surface area contributed by atoms with Gasteiger partial charge in [-0.15, -0.1) is 0 Å². The lowest BCUT2D eigenvalue weighted by Crippen LogP contribution is -2.02. The van der Waals surface area contributed by atoms with Crippen LogP contribution in [0.1, 0.15) is 10.4 Å². The number of carboxylic acid groups (broad SMARTS) is 1. The molecule has 92 valence electrons. The van der Waals surface area contributed by atoms with E-state index in [2.05, 4.69) is 20.9 Å². The molecule has 2 aromatic rings. The Morgan fingerprint density at radius 1 is 1.28 bits per heavy atom. The SMILES string of the molecule is COc1ncc(-c2ccc(Br)cc2)cc1C(=O)O. The minimum absolute atomic E-state index is 0.0536. The van der Waals surface area contributed by atoms with E-state index in [9.17, 15) is 4.79 Å². The Labute approximate surface area is 112 Å². The minimum Gasteiger partial charge on any atom is -0.480 e.